The minimum absolute atomic E-state index is 0.124. The molecule has 2 aliphatic rings. The average molecular weight is 441 g/mol. The van der Waals surface area contributed by atoms with E-state index in [2.05, 4.69) is 19.5 Å². The third kappa shape index (κ3) is 4.10. The van der Waals surface area contributed by atoms with Crippen molar-refractivity contribution in [1.82, 2.24) is 14.8 Å². The zero-order valence-corrected chi connectivity index (χ0v) is 17.9. The van der Waals surface area contributed by atoms with Crippen LogP contribution in [0.3, 0.4) is 0 Å². The zero-order valence-electron chi connectivity index (χ0n) is 17.1. The molecule has 0 fully saturated rings. The van der Waals surface area contributed by atoms with Crippen LogP contribution in [0.4, 0.5) is 5.69 Å². The van der Waals surface area contributed by atoms with Crippen LogP contribution in [-0.2, 0) is 23.0 Å². The quantitative estimate of drug-likeness (QED) is 0.666. The Morgan fingerprint density at radius 1 is 0.903 bits per heavy atom. The van der Waals surface area contributed by atoms with Crippen molar-refractivity contribution in [1.29, 1.82) is 0 Å². The summed E-state index contributed by atoms with van der Waals surface area (Å²) in [6.45, 7) is 1.93. The van der Waals surface area contributed by atoms with Gasteiger partial charge in [0.1, 0.15) is 5.82 Å². The van der Waals surface area contributed by atoms with Crippen LogP contribution in [-0.4, -0.2) is 36.4 Å². The molecule has 3 aromatic rings. The van der Waals surface area contributed by atoms with Gasteiger partial charge in [0.25, 0.3) is 10.0 Å². The number of aryl methyl sites for hydroxylation is 1. The lowest BCUT2D eigenvalue weighted by molar-refractivity contribution is 0.297. The number of hydrogen-bond donors (Lipinski definition) is 1. The molecule has 2 aromatic carbocycles. The second-order valence-corrected chi connectivity index (χ2v) is 9.43. The first-order chi connectivity index (χ1) is 15.1. The molecule has 0 aliphatic carbocycles. The number of aromatic nitrogens is 3. The fourth-order valence-corrected chi connectivity index (χ4v) is 5.01. The van der Waals surface area contributed by atoms with E-state index in [-0.39, 0.29) is 4.90 Å². The first-order valence-electron chi connectivity index (χ1n) is 10.6. The standard InChI is InChI=1S/C22H24N4O4S/c27-31(28,18-9-10-19-20(15-18)30-13-5-12-29-19)25-17-7-4-6-16(14-17)22-24-23-21-8-2-1-3-11-26(21)22/h4,6-7,9-10,14-15,25H,1-3,5,8,11-13H2. The van der Waals surface area contributed by atoms with E-state index < -0.39 is 10.0 Å². The predicted molar refractivity (Wildman–Crippen MR) is 116 cm³/mol. The number of fused-ring (bicyclic) bond motifs is 2. The van der Waals surface area contributed by atoms with Crippen LogP contribution < -0.4 is 14.2 Å². The Morgan fingerprint density at radius 3 is 2.68 bits per heavy atom. The molecule has 31 heavy (non-hydrogen) atoms. The van der Waals surface area contributed by atoms with Crippen molar-refractivity contribution in [2.45, 2.75) is 43.5 Å². The third-order valence-corrected chi connectivity index (χ3v) is 6.89. The molecular weight excluding hydrogens is 416 g/mol. The van der Waals surface area contributed by atoms with Gasteiger partial charge in [-0.3, -0.25) is 4.72 Å². The number of anilines is 1. The second-order valence-electron chi connectivity index (χ2n) is 7.75. The Bertz CT molecular complexity index is 1210. The number of sulfonamides is 1. The number of nitrogens with zero attached hydrogens (tertiary/aromatic N) is 3. The molecule has 8 nitrogen and oxygen atoms in total. The van der Waals surface area contributed by atoms with Crippen LogP contribution in [0.1, 0.15) is 31.5 Å². The normalized spacial score (nSPS) is 16.1. The first-order valence-corrected chi connectivity index (χ1v) is 12.0. The molecule has 2 aliphatic heterocycles. The fourth-order valence-electron chi connectivity index (χ4n) is 3.95. The van der Waals surface area contributed by atoms with Crippen molar-refractivity contribution in [3.8, 4) is 22.9 Å². The number of rotatable bonds is 4. The van der Waals surface area contributed by atoms with Gasteiger partial charge in [-0.05, 0) is 37.1 Å². The Kier molecular flexibility index (Phi) is 5.27. The average Bonchev–Trinajstić information content (AvgIpc) is 2.93. The van der Waals surface area contributed by atoms with Crippen molar-refractivity contribution in [2.24, 2.45) is 0 Å². The Balaban J connectivity index is 1.42. The predicted octanol–water partition coefficient (Wildman–Crippen LogP) is 3.63. The lowest BCUT2D eigenvalue weighted by Gasteiger charge is -2.12. The minimum Gasteiger partial charge on any atom is -0.490 e. The molecule has 9 heteroatoms. The smallest absolute Gasteiger partial charge is 0.262 e. The van der Waals surface area contributed by atoms with Gasteiger partial charge in [0.2, 0.25) is 0 Å². The van der Waals surface area contributed by atoms with Crippen LogP contribution in [0.25, 0.3) is 11.4 Å². The van der Waals surface area contributed by atoms with E-state index in [1.807, 2.05) is 12.1 Å². The summed E-state index contributed by atoms with van der Waals surface area (Å²) in [6.07, 6.45) is 5.07. The molecule has 0 spiro atoms. The molecular formula is C22H24N4O4S. The van der Waals surface area contributed by atoms with Crippen LogP contribution in [0.5, 0.6) is 11.5 Å². The molecule has 162 valence electrons. The number of hydrogen-bond acceptors (Lipinski definition) is 6. The van der Waals surface area contributed by atoms with Gasteiger partial charge in [0.15, 0.2) is 17.3 Å². The Morgan fingerprint density at radius 2 is 1.77 bits per heavy atom. The lowest BCUT2D eigenvalue weighted by Crippen LogP contribution is -2.13. The summed E-state index contributed by atoms with van der Waals surface area (Å²) in [7, 11) is -3.80. The van der Waals surface area contributed by atoms with Gasteiger partial charge >= 0.3 is 0 Å². The van der Waals surface area contributed by atoms with Gasteiger partial charge in [0.05, 0.1) is 18.1 Å². The highest BCUT2D eigenvalue weighted by Gasteiger charge is 2.20. The minimum atomic E-state index is -3.80. The van der Waals surface area contributed by atoms with E-state index in [1.165, 1.54) is 18.6 Å². The highest BCUT2D eigenvalue weighted by Crippen LogP contribution is 2.33. The van der Waals surface area contributed by atoms with Crippen LogP contribution in [0.15, 0.2) is 47.4 Å². The summed E-state index contributed by atoms with van der Waals surface area (Å²) in [5.41, 5.74) is 1.30. The summed E-state index contributed by atoms with van der Waals surface area (Å²) in [5, 5.41) is 8.71. The number of benzene rings is 2. The maximum atomic E-state index is 13.0. The molecule has 3 heterocycles. The molecule has 0 radical (unpaired) electrons. The molecule has 1 aromatic heterocycles. The maximum Gasteiger partial charge on any atom is 0.262 e. The molecule has 0 bridgehead atoms. The van der Waals surface area contributed by atoms with Gasteiger partial charge in [-0.15, -0.1) is 10.2 Å². The van der Waals surface area contributed by atoms with E-state index in [0.29, 0.717) is 30.4 Å². The van der Waals surface area contributed by atoms with E-state index >= 15 is 0 Å². The topological polar surface area (TPSA) is 95.3 Å². The van der Waals surface area contributed by atoms with Crippen molar-refractivity contribution < 1.29 is 17.9 Å². The lowest BCUT2D eigenvalue weighted by atomic mass is 10.2. The summed E-state index contributed by atoms with van der Waals surface area (Å²) in [4.78, 5) is 0.124. The molecule has 0 unspecified atom stereocenters. The zero-order chi connectivity index (χ0) is 21.3. The van der Waals surface area contributed by atoms with E-state index in [9.17, 15) is 8.42 Å². The van der Waals surface area contributed by atoms with Crippen LogP contribution in [0.2, 0.25) is 0 Å². The molecule has 0 saturated carbocycles. The largest absolute Gasteiger partial charge is 0.490 e. The SMILES string of the molecule is O=S(=O)(Nc1cccc(-c2nnc3n2CCCCC3)c1)c1ccc2c(c1)OCCCO2. The second kappa shape index (κ2) is 8.22. The Hall–Kier alpha value is -3.07. The monoisotopic (exact) mass is 440 g/mol. The van der Waals surface area contributed by atoms with Gasteiger partial charge in [-0.25, -0.2) is 8.42 Å². The summed E-state index contributed by atoms with van der Waals surface area (Å²) in [5.74, 6) is 2.77. The summed E-state index contributed by atoms with van der Waals surface area (Å²) < 4.78 is 42.1. The molecule has 0 amide bonds. The maximum absolute atomic E-state index is 13.0. The molecule has 0 saturated heterocycles. The molecule has 0 atom stereocenters. The highest BCUT2D eigenvalue weighted by atomic mass is 32.2. The van der Waals surface area contributed by atoms with Gasteiger partial charge in [-0.2, -0.15) is 0 Å². The summed E-state index contributed by atoms with van der Waals surface area (Å²) >= 11 is 0. The van der Waals surface area contributed by atoms with Gasteiger partial charge < -0.3 is 14.0 Å². The fraction of sp³-hybridized carbons (Fsp3) is 0.364. The first kappa shape index (κ1) is 19.9. The van der Waals surface area contributed by atoms with Crippen molar-refractivity contribution in [3.05, 3.63) is 48.3 Å². The van der Waals surface area contributed by atoms with Crippen molar-refractivity contribution in [3.63, 3.8) is 0 Å². The van der Waals surface area contributed by atoms with Crippen molar-refractivity contribution in [2.75, 3.05) is 17.9 Å². The van der Waals surface area contributed by atoms with E-state index in [1.54, 1.807) is 18.2 Å². The van der Waals surface area contributed by atoms with Gasteiger partial charge in [0, 0.05) is 36.7 Å². The number of nitrogens with one attached hydrogen (secondary N) is 1. The van der Waals surface area contributed by atoms with Crippen molar-refractivity contribution >= 4 is 15.7 Å². The third-order valence-electron chi connectivity index (χ3n) is 5.51. The Labute approximate surface area is 181 Å². The van der Waals surface area contributed by atoms with E-state index in [0.717, 1.165) is 49.4 Å². The van der Waals surface area contributed by atoms with E-state index in [4.69, 9.17) is 9.47 Å². The number of ether oxygens (including phenoxy) is 2. The summed E-state index contributed by atoms with van der Waals surface area (Å²) in [6, 6.07) is 11.9. The molecule has 1 N–H and O–H groups in total. The van der Waals surface area contributed by atoms with Gasteiger partial charge in [-0.1, -0.05) is 18.6 Å². The highest BCUT2D eigenvalue weighted by molar-refractivity contribution is 7.92. The van der Waals surface area contributed by atoms with Crippen LogP contribution in [0, 0.1) is 0 Å². The molecule has 5 rings (SSSR count). The van der Waals surface area contributed by atoms with Crippen LogP contribution >= 0.6 is 0 Å².